The average Bonchev–Trinajstić information content (AvgIpc) is 3.13. The first-order valence-electron chi connectivity index (χ1n) is 7.77. The Bertz CT molecular complexity index is 1130. The summed E-state index contributed by atoms with van der Waals surface area (Å²) in [4.78, 5) is 4.66. The summed E-state index contributed by atoms with van der Waals surface area (Å²) in [5.74, 6) is 1.57. The molecule has 132 valence electrons. The van der Waals surface area contributed by atoms with Crippen LogP contribution in [-0.2, 0) is 0 Å². The van der Waals surface area contributed by atoms with Crippen LogP contribution in [0, 0.1) is 6.92 Å². The smallest absolute Gasteiger partial charge is 0.222 e. The first-order chi connectivity index (χ1) is 12.6. The van der Waals surface area contributed by atoms with Crippen molar-refractivity contribution in [3.8, 4) is 11.5 Å². The molecule has 0 amide bonds. The van der Waals surface area contributed by atoms with Crippen LogP contribution in [-0.4, -0.2) is 39.2 Å². The molecule has 8 nitrogen and oxygen atoms in total. The molecular weight excluding hydrogens is 356 g/mol. The Balaban J connectivity index is 1.88. The number of nitrogens with one attached hydrogen (secondary N) is 1. The number of rotatable bonds is 4. The highest BCUT2D eigenvalue weighted by Crippen LogP contribution is 2.37. The van der Waals surface area contributed by atoms with Gasteiger partial charge in [-0.3, -0.25) is 0 Å². The van der Waals surface area contributed by atoms with E-state index in [-0.39, 0.29) is 0 Å². The lowest BCUT2D eigenvalue weighted by Crippen LogP contribution is -2.03. The highest BCUT2D eigenvalue weighted by Gasteiger charge is 2.15. The van der Waals surface area contributed by atoms with E-state index < -0.39 is 0 Å². The number of anilines is 2. The van der Waals surface area contributed by atoms with Crippen molar-refractivity contribution in [1.82, 2.24) is 25.0 Å². The van der Waals surface area contributed by atoms with Crippen LogP contribution in [0.25, 0.3) is 16.7 Å². The molecule has 0 atom stereocenters. The van der Waals surface area contributed by atoms with Crippen molar-refractivity contribution in [3.63, 3.8) is 0 Å². The monoisotopic (exact) mass is 370 g/mol. The van der Waals surface area contributed by atoms with Crippen molar-refractivity contribution in [2.75, 3.05) is 19.5 Å². The zero-order valence-electron chi connectivity index (χ0n) is 14.3. The Kier molecular flexibility index (Phi) is 3.96. The van der Waals surface area contributed by atoms with Gasteiger partial charge in [-0.05, 0) is 41.1 Å². The Labute approximate surface area is 153 Å². The van der Waals surface area contributed by atoms with Crippen LogP contribution in [0.15, 0.2) is 30.3 Å². The van der Waals surface area contributed by atoms with Gasteiger partial charge in [-0.25, -0.2) is 4.98 Å². The summed E-state index contributed by atoms with van der Waals surface area (Å²) in [5, 5.41) is 15.6. The number of methoxy groups -OCH3 is 2. The molecule has 4 rings (SSSR count). The second-order valence-electron chi connectivity index (χ2n) is 5.68. The number of ether oxygens (including phenoxy) is 2. The van der Waals surface area contributed by atoms with Crippen molar-refractivity contribution in [2.45, 2.75) is 6.92 Å². The highest BCUT2D eigenvalue weighted by atomic mass is 35.5. The Morgan fingerprint density at radius 1 is 1.08 bits per heavy atom. The van der Waals surface area contributed by atoms with E-state index in [4.69, 9.17) is 21.1 Å². The quantitative estimate of drug-likeness (QED) is 0.589. The molecule has 0 aliphatic carbocycles. The summed E-state index contributed by atoms with van der Waals surface area (Å²) in [6.45, 7) is 2.01. The molecule has 0 spiro atoms. The van der Waals surface area contributed by atoms with E-state index in [2.05, 4.69) is 25.8 Å². The number of benzene rings is 2. The number of tetrazole rings is 1. The largest absolute Gasteiger partial charge is 0.495 e. The van der Waals surface area contributed by atoms with Gasteiger partial charge in [-0.2, -0.15) is 4.52 Å². The normalized spacial score (nSPS) is 11.1. The Morgan fingerprint density at radius 3 is 2.65 bits per heavy atom. The van der Waals surface area contributed by atoms with Crippen LogP contribution >= 0.6 is 11.6 Å². The minimum absolute atomic E-state index is 0.447. The van der Waals surface area contributed by atoms with Gasteiger partial charge < -0.3 is 14.8 Å². The SMILES string of the molecule is COc1cc(OC)c(Nc2nc3ccc(C)cc3n3nnnc23)cc1Cl. The van der Waals surface area contributed by atoms with Crippen LogP contribution in [0.4, 0.5) is 11.5 Å². The number of aryl methyl sites for hydroxylation is 1. The summed E-state index contributed by atoms with van der Waals surface area (Å²) >= 11 is 6.25. The maximum atomic E-state index is 6.25. The molecule has 1 N–H and O–H groups in total. The highest BCUT2D eigenvalue weighted by molar-refractivity contribution is 6.32. The number of hydrogen-bond donors (Lipinski definition) is 1. The molecule has 0 radical (unpaired) electrons. The van der Waals surface area contributed by atoms with E-state index in [1.54, 1.807) is 30.9 Å². The predicted molar refractivity (Wildman–Crippen MR) is 98.7 cm³/mol. The number of hydrogen-bond acceptors (Lipinski definition) is 7. The average molecular weight is 371 g/mol. The van der Waals surface area contributed by atoms with Crippen LogP contribution < -0.4 is 14.8 Å². The van der Waals surface area contributed by atoms with Crippen LogP contribution in [0.3, 0.4) is 0 Å². The zero-order valence-corrected chi connectivity index (χ0v) is 15.1. The van der Waals surface area contributed by atoms with Gasteiger partial charge in [0.05, 0.1) is 36.0 Å². The lowest BCUT2D eigenvalue weighted by atomic mass is 10.2. The standard InChI is InChI=1S/C17H15ClN6O2/c1-9-4-5-11-13(6-9)24-17(21-22-23-24)16(19-11)20-12-7-10(18)14(25-2)8-15(12)26-3/h4-8H,1-3H3,(H,19,20). The van der Waals surface area contributed by atoms with Crippen LogP contribution in [0.5, 0.6) is 11.5 Å². The third-order valence-corrected chi connectivity index (χ3v) is 4.30. The van der Waals surface area contributed by atoms with E-state index in [1.807, 2.05) is 25.1 Å². The fourth-order valence-electron chi connectivity index (χ4n) is 2.73. The van der Waals surface area contributed by atoms with Crippen molar-refractivity contribution in [1.29, 1.82) is 0 Å². The van der Waals surface area contributed by atoms with E-state index in [1.165, 1.54) is 0 Å². The van der Waals surface area contributed by atoms with Gasteiger partial charge >= 0.3 is 0 Å². The number of fused-ring (bicyclic) bond motifs is 3. The summed E-state index contributed by atoms with van der Waals surface area (Å²) in [6, 6.07) is 9.31. The first-order valence-corrected chi connectivity index (χ1v) is 8.15. The minimum Gasteiger partial charge on any atom is -0.495 e. The first kappa shape index (κ1) is 16.3. The maximum absolute atomic E-state index is 6.25. The maximum Gasteiger partial charge on any atom is 0.222 e. The summed E-state index contributed by atoms with van der Waals surface area (Å²) < 4.78 is 12.3. The van der Waals surface area contributed by atoms with Gasteiger partial charge in [0.2, 0.25) is 5.65 Å². The van der Waals surface area contributed by atoms with Gasteiger partial charge in [-0.15, -0.1) is 5.10 Å². The van der Waals surface area contributed by atoms with Crippen LogP contribution in [0.1, 0.15) is 5.56 Å². The molecule has 9 heteroatoms. The third kappa shape index (κ3) is 2.64. The Morgan fingerprint density at radius 2 is 1.88 bits per heavy atom. The summed E-state index contributed by atoms with van der Waals surface area (Å²) in [5.41, 5.74) is 3.81. The second kappa shape index (κ2) is 6.30. The molecular formula is C17H15ClN6O2. The molecule has 0 saturated heterocycles. The second-order valence-corrected chi connectivity index (χ2v) is 6.09. The fourth-order valence-corrected chi connectivity index (χ4v) is 2.98. The lowest BCUT2D eigenvalue weighted by molar-refractivity contribution is 0.396. The van der Waals surface area contributed by atoms with Crippen molar-refractivity contribution < 1.29 is 9.47 Å². The predicted octanol–water partition coefficient (Wildman–Crippen LogP) is 3.40. The van der Waals surface area contributed by atoms with Gasteiger partial charge in [-0.1, -0.05) is 17.7 Å². The molecule has 26 heavy (non-hydrogen) atoms. The number of halogens is 1. The van der Waals surface area contributed by atoms with Crippen LogP contribution in [0.2, 0.25) is 5.02 Å². The molecule has 0 saturated carbocycles. The van der Waals surface area contributed by atoms with Gasteiger partial charge in [0, 0.05) is 6.07 Å². The zero-order chi connectivity index (χ0) is 18.3. The van der Waals surface area contributed by atoms with E-state index in [0.717, 1.165) is 16.6 Å². The van der Waals surface area contributed by atoms with E-state index in [0.29, 0.717) is 33.7 Å². The molecule has 0 bridgehead atoms. The molecule has 4 aromatic rings. The number of aromatic nitrogens is 5. The molecule has 2 heterocycles. The van der Waals surface area contributed by atoms with Crippen molar-refractivity contribution in [3.05, 3.63) is 40.9 Å². The molecule has 0 unspecified atom stereocenters. The van der Waals surface area contributed by atoms with Gasteiger partial charge in [0.25, 0.3) is 0 Å². The fraction of sp³-hybridized carbons (Fsp3) is 0.176. The van der Waals surface area contributed by atoms with E-state index in [9.17, 15) is 0 Å². The third-order valence-electron chi connectivity index (χ3n) is 4.00. The Hall–Kier alpha value is -3.13. The minimum atomic E-state index is 0.447. The number of nitrogens with zero attached hydrogens (tertiary/aromatic N) is 5. The summed E-state index contributed by atoms with van der Waals surface area (Å²) in [7, 11) is 3.12. The van der Waals surface area contributed by atoms with Crippen molar-refractivity contribution in [2.24, 2.45) is 0 Å². The molecule has 2 aromatic carbocycles. The molecule has 0 fully saturated rings. The lowest BCUT2D eigenvalue weighted by Gasteiger charge is -2.14. The topological polar surface area (TPSA) is 86.5 Å². The van der Waals surface area contributed by atoms with Gasteiger partial charge in [0.15, 0.2) is 5.82 Å². The molecule has 2 aromatic heterocycles. The summed E-state index contributed by atoms with van der Waals surface area (Å²) in [6.07, 6.45) is 0. The van der Waals surface area contributed by atoms with Gasteiger partial charge in [0.1, 0.15) is 11.5 Å². The molecule has 0 aliphatic rings. The van der Waals surface area contributed by atoms with E-state index >= 15 is 0 Å². The molecule has 0 aliphatic heterocycles. The van der Waals surface area contributed by atoms with Crippen molar-refractivity contribution >= 4 is 39.8 Å².